The number of aromatic nitrogens is 1. The topological polar surface area (TPSA) is 48.4 Å². The van der Waals surface area contributed by atoms with Gasteiger partial charge in [0.1, 0.15) is 0 Å². The molecule has 0 saturated heterocycles. The normalized spacial score (nSPS) is 10.8. The zero-order chi connectivity index (χ0) is 19.2. The molecule has 6 heteroatoms. The van der Waals surface area contributed by atoms with Crippen molar-refractivity contribution < 1.29 is 14.3 Å². The Morgan fingerprint density at radius 2 is 1.63 bits per heavy atom. The van der Waals surface area contributed by atoms with Crippen LogP contribution in [0.1, 0.15) is 21.5 Å². The van der Waals surface area contributed by atoms with Crippen LogP contribution in [0.5, 0.6) is 11.5 Å². The quantitative estimate of drug-likeness (QED) is 0.402. The summed E-state index contributed by atoms with van der Waals surface area (Å²) in [6.45, 7) is 0. The van der Waals surface area contributed by atoms with Crippen LogP contribution in [-0.2, 0) is 0 Å². The van der Waals surface area contributed by atoms with E-state index in [0.29, 0.717) is 22.1 Å². The van der Waals surface area contributed by atoms with E-state index < -0.39 is 5.97 Å². The van der Waals surface area contributed by atoms with E-state index in [9.17, 15) is 4.79 Å². The van der Waals surface area contributed by atoms with Gasteiger partial charge in [0.05, 0.1) is 22.7 Å². The third-order valence-corrected chi connectivity index (χ3v) is 4.46. The summed E-state index contributed by atoms with van der Waals surface area (Å²) in [5.74, 6) is 0.210. The summed E-state index contributed by atoms with van der Waals surface area (Å²) in [6.07, 6.45) is 7.35. The first-order valence-electron chi connectivity index (χ1n) is 8.00. The molecule has 136 valence electrons. The lowest BCUT2D eigenvalue weighted by atomic mass is 10.1. The lowest BCUT2D eigenvalue weighted by Crippen LogP contribution is -2.09. The summed E-state index contributed by atoms with van der Waals surface area (Å²) >= 11 is 11.8. The maximum Gasteiger partial charge on any atom is 0.343 e. The van der Waals surface area contributed by atoms with Crippen molar-refractivity contribution in [1.82, 2.24) is 4.98 Å². The number of hydrogen-bond acceptors (Lipinski definition) is 4. The first-order valence-corrected chi connectivity index (χ1v) is 8.76. The van der Waals surface area contributed by atoms with Crippen LogP contribution in [0.25, 0.3) is 12.2 Å². The van der Waals surface area contributed by atoms with Crippen molar-refractivity contribution in [3.8, 4) is 11.5 Å². The second kappa shape index (κ2) is 8.71. The van der Waals surface area contributed by atoms with Gasteiger partial charge in [-0.15, -0.1) is 0 Å². The number of methoxy groups -OCH3 is 1. The fourth-order valence-corrected chi connectivity index (χ4v) is 2.62. The molecule has 2 aromatic carbocycles. The lowest BCUT2D eigenvalue weighted by molar-refractivity contribution is 0.0729. The van der Waals surface area contributed by atoms with Crippen LogP contribution >= 0.6 is 23.2 Å². The summed E-state index contributed by atoms with van der Waals surface area (Å²) in [6, 6.07) is 13.7. The van der Waals surface area contributed by atoms with Gasteiger partial charge in [-0.05, 0) is 53.6 Å². The molecular formula is C21H15Cl2NO3. The number of nitrogens with zero attached hydrogens (tertiary/aromatic N) is 1. The minimum absolute atomic E-state index is 0.287. The van der Waals surface area contributed by atoms with Gasteiger partial charge in [-0.3, -0.25) is 4.98 Å². The number of hydrogen-bond donors (Lipinski definition) is 0. The summed E-state index contributed by atoms with van der Waals surface area (Å²) in [7, 11) is 1.52. The van der Waals surface area contributed by atoms with Crippen LogP contribution < -0.4 is 9.47 Å². The second-order valence-corrected chi connectivity index (χ2v) is 6.36. The fourth-order valence-electron chi connectivity index (χ4n) is 2.32. The number of ether oxygens (including phenoxy) is 2. The van der Waals surface area contributed by atoms with Crippen molar-refractivity contribution in [2.24, 2.45) is 0 Å². The van der Waals surface area contributed by atoms with Crippen molar-refractivity contribution >= 4 is 41.3 Å². The first kappa shape index (κ1) is 19.0. The van der Waals surface area contributed by atoms with Gasteiger partial charge in [0.25, 0.3) is 0 Å². The van der Waals surface area contributed by atoms with Gasteiger partial charge in [0.2, 0.25) is 0 Å². The molecule has 0 N–H and O–H groups in total. The second-order valence-electron chi connectivity index (χ2n) is 5.54. The molecule has 4 nitrogen and oxygen atoms in total. The van der Waals surface area contributed by atoms with Crippen molar-refractivity contribution in [2.75, 3.05) is 7.11 Å². The monoisotopic (exact) mass is 399 g/mol. The highest BCUT2D eigenvalue weighted by Gasteiger charge is 2.14. The first-order chi connectivity index (χ1) is 13.1. The van der Waals surface area contributed by atoms with E-state index in [4.69, 9.17) is 32.7 Å². The van der Waals surface area contributed by atoms with Gasteiger partial charge in [0.15, 0.2) is 11.5 Å². The van der Waals surface area contributed by atoms with E-state index >= 15 is 0 Å². The Hall–Kier alpha value is -2.82. The number of esters is 1. The minimum atomic E-state index is -0.549. The Morgan fingerprint density at radius 3 is 2.33 bits per heavy atom. The predicted octanol–water partition coefficient (Wildman–Crippen LogP) is 5.79. The standard InChI is InChI=1S/C21H15Cl2NO3/c1-26-20-12-15(3-2-14-8-10-24-11-9-14)4-7-19(20)27-21(25)16-5-6-17(22)18(23)13-16/h2-13H,1H3/b3-2+. The lowest BCUT2D eigenvalue weighted by Gasteiger charge is -2.10. The van der Waals surface area contributed by atoms with Gasteiger partial charge in [0, 0.05) is 12.4 Å². The van der Waals surface area contributed by atoms with Crippen molar-refractivity contribution in [1.29, 1.82) is 0 Å². The van der Waals surface area contributed by atoms with Crippen LogP contribution in [0, 0.1) is 0 Å². The highest BCUT2D eigenvalue weighted by molar-refractivity contribution is 6.42. The fraction of sp³-hybridized carbons (Fsp3) is 0.0476. The smallest absolute Gasteiger partial charge is 0.343 e. The molecule has 0 radical (unpaired) electrons. The molecular weight excluding hydrogens is 385 g/mol. The minimum Gasteiger partial charge on any atom is -0.493 e. The van der Waals surface area contributed by atoms with Crippen LogP contribution in [0.3, 0.4) is 0 Å². The van der Waals surface area contributed by atoms with E-state index in [-0.39, 0.29) is 5.02 Å². The number of pyridine rings is 1. The molecule has 0 spiro atoms. The molecule has 1 heterocycles. The van der Waals surface area contributed by atoms with Gasteiger partial charge in [-0.25, -0.2) is 4.79 Å². The predicted molar refractivity (Wildman–Crippen MR) is 108 cm³/mol. The molecule has 0 fully saturated rings. The molecule has 0 unspecified atom stereocenters. The summed E-state index contributed by atoms with van der Waals surface area (Å²) in [5.41, 5.74) is 2.23. The highest BCUT2D eigenvalue weighted by atomic mass is 35.5. The van der Waals surface area contributed by atoms with E-state index in [1.165, 1.54) is 13.2 Å². The molecule has 3 rings (SSSR count). The van der Waals surface area contributed by atoms with E-state index in [2.05, 4.69) is 4.98 Å². The van der Waals surface area contributed by atoms with Crippen LogP contribution in [-0.4, -0.2) is 18.1 Å². The highest BCUT2D eigenvalue weighted by Crippen LogP contribution is 2.30. The largest absolute Gasteiger partial charge is 0.493 e. The average molecular weight is 400 g/mol. The van der Waals surface area contributed by atoms with Crippen LogP contribution in [0.4, 0.5) is 0 Å². The van der Waals surface area contributed by atoms with E-state index in [0.717, 1.165) is 11.1 Å². The van der Waals surface area contributed by atoms with Gasteiger partial charge in [-0.1, -0.05) is 41.4 Å². The van der Waals surface area contributed by atoms with Gasteiger partial charge >= 0.3 is 5.97 Å². The molecule has 0 bridgehead atoms. The number of halogens is 2. The molecule has 1 aromatic heterocycles. The number of carbonyl (C=O) groups is 1. The summed E-state index contributed by atoms with van der Waals surface area (Å²) < 4.78 is 10.8. The van der Waals surface area contributed by atoms with Crippen molar-refractivity contribution in [2.45, 2.75) is 0 Å². The number of carbonyl (C=O) groups excluding carboxylic acids is 1. The van der Waals surface area contributed by atoms with E-state index in [1.807, 2.05) is 30.4 Å². The molecule has 0 atom stereocenters. The number of benzene rings is 2. The molecule has 0 aliphatic heterocycles. The van der Waals surface area contributed by atoms with Crippen molar-refractivity contribution in [3.05, 3.63) is 87.7 Å². The maximum absolute atomic E-state index is 12.3. The Labute approximate surface area is 167 Å². The van der Waals surface area contributed by atoms with Crippen molar-refractivity contribution in [3.63, 3.8) is 0 Å². The Balaban J connectivity index is 1.78. The molecule has 0 aliphatic rings. The number of rotatable bonds is 5. The summed E-state index contributed by atoms with van der Waals surface area (Å²) in [5, 5.41) is 0.658. The third-order valence-electron chi connectivity index (χ3n) is 3.72. The summed E-state index contributed by atoms with van der Waals surface area (Å²) in [4.78, 5) is 16.3. The van der Waals surface area contributed by atoms with Gasteiger partial charge < -0.3 is 9.47 Å². The molecule has 27 heavy (non-hydrogen) atoms. The Morgan fingerprint density at radius 1 is 0.889 bits per heavy atom. The molecule has 0 saturated carbocycles. The molecule has 3 aromatic rings. The maximum atomic E-state index is 12.3. The third kappa shape index (κ3) is 4.88. The molecule has 0 amide bonds. The Kier molecular flexibility index (Phi) is 6.12. The van der Waals surface area contributed by atoms with Crippen LogP contribution in [0.2, 0.25) is 10.0 Å². The zero-order valence-electron chi connectivity index (χ0n) is 14.4. The SMILES string of the molecule is COc1cc(/C=C/c2ccncc2)ccc1OC(=O)c1ccc(Cl)c(Cl)c1. The van der Waals surface area contributed by atoms with Gasteiger partial charge in [-0.2, -0.15) is 0 Å². The average Bonchev–Trinajstić information content (AvgIpc) is 2.70. The zero-order valence-corrected chi connectivity index (χ0v) is 15.9. The molecule has 0 aliphatic carbocycles. The Bertz CT molecular complexity index is 988. The van der Waals surface area contributed by atoms with Crippen LogP contribution in [0.15, 0.2) is 60.9 Å². The van der Waals surface area contributed by atoms with E-state index in [1.54, 1.807) is 36.7 Å².